The van der Waals surface area contributed by atoms with Crippen LogP contribution in [-0.2, 0) is 20.7 Å². The third-order valence-electron chi connectivity index (χ3n) is 5.34. The van der Waals surface area contributed by atoms with Gasteiger partial charge in [-0.1, -0.05) is 41.4 Å². The van der Waals surface area contributed by atoms with Crippen molar-refractivity contribution in [3.05, 3.63) is 69.3 Å². The van der Waals surface area contributed by atoms with E-state index < -0.39 is 23.5 Å². The smallest absolute Gasteiger partial charge is 0.355 e. The zero-order chi connectivity index (χ0) is 25.8. The highest BCUT2D eigenvalue weighted by molar-refractivity contribution is 6.31. The van der Waals surface area contributed by atoms with Crippen molar-refractivity contribution >= 4 is 52.4 Å². The first-order chi connectivity index (χ1) is 16.5. The summed E-state index contributed by atoms with van der Waals surface area (Å²) >= 11 is 12.2. The molecule has 2 aromatic carbocycles. The molecule has 7 nitrogen and oxygen atoms in total. The van der Waals surface area contributed by atoms with Gasteiger partial charge in [-0.15, -0.1) is 0 Å². The van der Waals surface area contributed by atoms with Crippen LogP contribution in [0.15, 0.2) is 42.5 Å². The summed E-state index contributed by atoms with van der Waals surface area (Å²) in [6, 6.07) is 11.3. The lowest BCUT2D eigenvalue weighted by molar-refractivity contribution is -0.134. The molecule has 0 aliphatic rings. The molecule has 1 aromatic heterocycles. The Morgan fingerprint density at radius 2 is 1.77 bits per heavy atom. The molecule has 0 aliphatic carbocycles. The molecule has 9 heteroatoms. The number of carbonyl (C=O) groups excluding carboxylic acids is 3. The highest BCUT2D eigenvalue weighted by Crippen LogP contribution is 2.34. The molecule has 0 saturated heterocycles. The summed E-state index contributed by atoms with van der Waals surface area (Å²) in [5, 5.41) is 4.63. The Labute approximate surface area is 214 Å². The maximum Gasteiger partial charge on any atom is 0.355 e. The number of aromatic nitrogens is 1. The highest BCUT2D eigenvalue weighted by atomic mass is 35.5. The van der Waals surface area contributed by atoms with Crippen molar-refractivity contribution in [2.24, 2.45) is 0 Å². The van der Waals surface area contributed by atoms with E-state index in [9.17, 15) is 14.4 Å². The second-order valence-corrected chi connectivity index (χ2v) is 10.1. The van der Waals surface area contributed by atoms with E-state index in [0.29, 0.717) is 39.3 Å². The van der Waals surface area contributed by atoms with E-state index in [1.165, 1.54) is 4.90 Å². The summed E-state index contributed by atoms with van der Waals surface area (Å²) in [7, 11) is 0. The van der Waals surface area contributed by atoms with Gasteiger partial charge >= 0.3 is 5.97 Å². The van der Waals surface area contributed by atoms with E-state index in [0.717, 1.165) is 5.56 Å². The van der Waals surface area contributed by atoms with Gasteiger partial charge in [0.2, 0.25) is 12.3 Å². The van der Waals surface area contributed by atoms with Crippen molar-refractivity contribution in [2.75, 3.05) is 13.2 Å². The Balaban J connectivity index is 2.13. The molecule has 186 valence electrons. The largest absolute Gasteiger partial charge is 0.461 e. The van der Waals surface area contributed by atoms with Crippen molar-refractivity contribution in [3.8, 4) is 0 Å². The number of fused-ring (bicyclic) bond motifs is 1. The summed E-state index contributed by atoms with van der Waals surface area (Å²) in [6.07, 6.45) is 1.12. The van der Waals surface area contributed by atoms with Gasteiger partial charge in [-0.05, 0) is 63.9 Å². The number of nitrogens with one attached hydrogen (secondary N) is 2. The van der Waals surface area contributed by atoms with Crippen molar-refractivity contribution in [2.45, 2.75) is 45.7 Å². The molecule has 2 N–H and O–H groups in total. The summed E-state index contributed by atoms with van der Waals surface area (Å²) in [4.78, 5) is 43.4. The van der Waals surface area contributed by atoms with Crippen molar-refractivity contribution in [3.63, 3.8) is 0 Å². The Morgan fingerprint density at radius 3 is 2.37 bits per heavy atom. The van der Waals surface area contributed by atoms with Gasteiger partial charge < -0.3 is 19.9 Å². The third kappa shape index (κ3) is 6.55. The number of amides is 2. The molecule has 0 spiro atoms. The van der Waals surface area contributed by atoms with E-state index in [2.05, 4.69) is 10.3 Å². The van der Waals surface area contributed by atoms with E-state index in [1.807, 2.05) is 32.9 Å². The Morgan fingerprint density at radius 1 is 1.11 bits per heavy atom. The van der Waals surface area contributed by atoms with Crippen LogP contribution in [0.3, 0.4) is 0 Å². The number of aromatic amines is 1. The van der Waals surface area contributed by atoms with Crippen LogP contribution in [0.5, 0.6) is 0 Å². The van der Waals surface area contributed by atoms with Crippen LogP contribution in [0.1, 0.15) is 55.4 Å². The van der Waals surface area contributed by atoms with Crippen molar-refractivity contribution in [1.82, 2.24) is 15.2 Å². The zero-order valence-corrected chi connectivity index (χ0v) is 21.7. The van der Waals surface area contributed by atoms with Gasteiger partial charge in [0.05, 0.1) is 6.61 Å². The van der Waals surface area contributed by atoms with Crippen LogP contribution < -0.4 is 5.32 Å². The zero-order valence-electron chi connectivity index (χ0n) is 20.2. The number of H-pyrrole nitrogens is 1. The van der Waals surface area contributed by atoms with E-state index in [4.69, 9.17) is 27.9 Å². The second kappa shape index (κ2) is 11.1. The predicted octanol–water partition coefficient (Wildman–Crippen LogP) is 5.31. The van der Waals surface area contributed by atoms with Gasteiger partial charge in [0.25, 0.3) is 0 Å². The molecule has 0 unspecified atom stereocenters. The number of rotatable bonds is 9. The average Bonchev–Trinajstić information content (AvgIpc) is 3.14. The molecular weight excluding hydrogens is 489 g/mol. The maximum absolute atomic E-state index is 13.6. The fraction of sp³-hybridized carbons (Fsp3) is 0.346. The highest BCUT2D eigenvalue weighted by Gasteiger charge is 2.35. The minimum Gasteiger partial charge on any atom is -0.461 e. The van der Waals surface area contributed by atoms with Gasteiger partial charge in [-0.3, -0.25) is 9.59 Å². The molecule has 0 aliphatic heterocycles. The number of hydrogen-bond acceptors (Lipinski definition) is 4. The maximum atomic E-state index is 13.6. The molecule has 0 bridgehead atoms. The van der Waals surface area contributed by atoms with Crippen LogP contribution in [-0.4, -0.2) is 46.9 Å². The van der Waals surface area contributed by atoms with Gasteiger partial charge in [0, 0.05) is 38.6 Å². The van der Waals surface area contributed by atoms with Crippen molar-refractivity contribution < 1.29 is 19.1 Å². The lowest BCUT2D eigenvalue weighted by atomic mass is 9.98. The van der Waals surface area contributed by atoms with Crippen LogP contribution in [0, 0.1) is 0 Å². The molecule has 0 fully saturated rings. The molecular formula is C26H29Cl2N3O4. The van der Waals surface area contributed by atoms with E-state index >= 15 is 0 Å². The normalized spacial score (nSPS) is 12.3. The molecule has 1 heterocycles. The van der Waals surface area contributed by atoms with Gasteiger partial charge in [-0.25, -0.2) is 4.79 Å². The standard InChI is InChI=1S/C26H29Cl2N3O4/c1-5-35-25(34)22-21(19-11-10-18(28)14-20(19)29-22)23(24(33)30-26(2,3)4)31(15-32)13-12-16-6-8-17(27)9-7-16/h6-11,14-15,23,29H,5,12-13H2,1-4H3,(H,30,33)/t23-/m1/s1. The third-order valence-corrected chi connectivity index (χ3v) is 5.83. The van der Waals surface area contributed by atoms with Gasteiger partial charge in [0.15, 0.2) is 0 Å². The second-order valence-electron chi connectivity index (χ2n) is 9.19. The van der Waals surface area contributed by atoms with E-state index in [-0.39, 0.29) is 18.8 Å². The molecule has 3 rings (SSSR count). The van der Waals surface area contributed by atoms with Crippen LogP contribution in [0.2, 0.25) is 10.0 Å². The fourth-order valence-electron chi connectivity index (χ4n) is 3.88. The number of ether oxygens (including phenoxy) is 1. The summed E-state index contributed by atoms with van der Waals surface area (Å²) in [6.45, 7) is 7.63. The summed E-state index contributed by atoms with van der Waals surface area (Å²) in [5.74, 6) is -1.03. The summed E-state index contributed by atoms with van der Waals surface area (Å²) < 4.78 is 5.26. The van der Waals surface area contributed by atoms with Crippen LogP contribution in [0.4, 0.5) is 0 Å². The SMILES string of the molecule is CCOC(=O)c1[nH]c2cc(Cl)ccc2c1[C@H](C(=O)NC(C)(C)C)N(C=O)CCc1ccc(Cl)cc1. The number of benzene rings is 2. The Kier molecular flexibility index (Phi) is 8.46. The molecule has 2 amide bonds. The first-order valence-electron chi connectivity index (χ1n) is 11.3. The topological polar surface area (TPSA) is 91.5 Å². The number of halogens is 2. The molecule has 3 aromatic rings. The average molecular weight is 518 g/mol. The Hall–Kier alpha value is -3.03. The number of nitrogens with zero attached hydrogens (tertiary/aromatic N) is 1. The number of esters is 1. The Bertz CT molecular complexity index is 1220. The monoisotopic (exact) mass is 517 g/mol. The van der Waals surface area contributed by atoms with Crippen LogP contribution >= 0.6 is 23.2 Å². The number of hydrogen-bond donors (Lipinski definition) is 2. The van der Waals surface area contributed by atoms with Crippen LogP contribution in [0.25, 0.3) is 10.9 Å². The molecule has 0 saturated carbocycles. The minimum absolute atomic E-state index is 0.108. The fourth-order valence-corrected chi connectivity index (χ4v) is 4.18. The first kappa shape index (κ1) is 26.6. The lowest BCUT2D eigenvalue weighted by Gasteiger charge is -2.31. The quantitative estimate of drug-likeness (QED) is 0.297. The van der Waals surface area contributed by atoms with E-state index in [1.54, 1.807) is 37.3 Å². The first-order valence-corrected chi connectivity index (χ1v) is 12.1. The molecule has 0 radical (unpaired) electrons. The predicted molar refractivity (Wildman–Crippen MR) is 138 cm³/mol. The number of carbonyl (C=O) groups is 3. The minimum atomic E-state index is -1.09. The molecule has 35 heavy (non-hydrogen) atoms. The molecule has 1 atom stereocenters. The van der Waals surface area contributed by atoms with Gasteiger partial charge in [0.1, 0.15) is 11.7 Å². The summed E-state index contributed by atoms with van der Waals surface area (Å²) in [5.41, 5.74) is 1.41. The van der Waals surface area contributed by atoms with Crippen molar-refractivity contribution in [1.29, 1.82) is 0 Å². The lowest BCUT2D eigenvalue weighted by Crippen LogP contribution is -2.48. The van der Waals surface area contributed by atoms with Gasteiger partial charge in [-0.2, -0.15) is 0 Å².